The number of benzene rings is 3. The lowest BCUT2D eigenvalue weighted by Gasteiger charge is -2.27. The number of hydrogen-bond donors (Lipinski definition) is 0. The van der Waals surface area contributed by atoms with Crippen LogP contribution in [0.4, 0.5) is 11.4 Å². The Morgan fingerprint density at radius 2 is 1.60 bits per heavy atom. The quantitative estimate of drug-likeness (QED) is 0.336. The summed E-state index contributed by atoms with van der Waals surface area (Å²) in [6.07, 6.45) is 2.65. The second-order valence-corrected chi connectivity index (χ2v) is 12.2. The van der Waals surface area contributed by atoms with E-state index in [-0.39, 0.29) is 33.7 Å². The highest BCUT2D eigenvalue weighted by molar-refractivity contribution is 8.16. The minimum Gasteiger partial charge on any atom is -0.273 e. The summed E-state index contributed by atoms with van der Waals surface area (Å²) in [5.74, 6) is 0.0702. The first-order valence-corrected chi connectivity index (χ1v) is 15.2. The van der Waals surface area contributed by atoms with Crippen LogP contribution in [0.2, 0.25) is 0 Å². The van der Waals surface area contributed by atoms with Crippen LogP contribution in [0.15, 0.2) is 118 Å². The fourth-order valence-electron chi connectivity index (χ4n) is 5.51. The molecule has 7 rings (SSSR count). The number of carbonyl (C=O) groups excluding carboxylic acids is 1. The van der Waals surface area contributed by atoms with Gasteiger partial charge in [0.05, 0.1) is 33.4 Å². The monoisotopic (exact) mass is 565 g/mol. The van der Waals surface area contributed by atoms with Gasteiger partial charge >= 0.3 is 0 Å². The van der Waals surface area contributed by atoms with Gasteiger partial charge in [0.15, 0.2) is 5.17 Å². The predicted molar refractivity (Wildman–Crippen MR) is 157 cm³/mol. The Morgan fingerprint density at radius 3 is 2.38 bits per heavy atom. The van der Waals surface area contributed by atoms with Crippen molar-refractivity contribution in [1.82, 2.24) is 4.98 Å². The van der Waals surface area contributed by atoms with E-state index < -0.39 is 10.0 Å². The molecule has 3 heterocycles. The zero-order chi connectivity index (χ0) is 27.3. The molecule has 1 aromatic heterocycles. The third-order valence-electron chi connectivity index (χ3n) is 7.31. The molecule has 1 saturated heterocycles. The molecule has 2 atom stereocenters. The molecule has 1 aliphatic carbocycles. The Labute approximate surface area is 236 Å². The lowest BCUT2D eigenvalue weighted by atomic mass is 9.93. The van der Waals surface area contributed by atoms with Crippen LogP contribution in [0.5, 0.6) is 0 Å². The highest BCUT2D eigenvalue weighted by atomic mass is 32.2. The number of rotatable bonds is 5. The maximum absolute atomic E-state index is 13.3. The molecule has 10 heteroatoms. The van der Waals surface area contributed by atoms with Crippen molar-refractivity contribution in [3.8, 4) is 0 Å². The number of thioether (sulfide) groups is 1. The SMILES string of the molecule is O=C1CS/C(=N\S(=O)(=O)c2ccc(N3N=C4c5ccccc5CC4C3c3ccccn3)cc2)N1c1ccccc1. The number of nitrogens with zero attached hydrogens (tertiary/aromatic N) is 5. The Bertz CT molecular complexity index is 1780. The van der Waals surface area contributed by atoms with Crippen molar-refractivity contribution >= 4 is 49.9 Å². The number of carbonyl (C=O) groups is 1. The average Bonchev–Trinajstić information content (AvgIpc) is 3.65. The first-order chi connectivity index (χ1) is 19.5. The van der Waals surface area contributed by atoms with Crippen LogP contribution in [0.3, 0.4) is 0 Å². The van der Waals surface area contributed by atoms with E-state index in [4.69, 9.17) is 5.10 Å². The summed E-state index contributed by atoms with van der Waals surface area (Å²) in [7, 11) is -4.06. The number of sulfonamides is 1. The van der Waals surface area contributed by atoms with Crippen molar-refractivity contribution in [3.63, 3.8) is 0 Å². The smallest absolute Gasteiger partial charge is 0.273 e. The van der Waals surface area contributed by atoms with Gasteiger partial charge in [0.25, 0.3) is 10.0 Å². The molecule has 8 nitrogen and oxygen atoms in total. The van der Waals surface area contributed by atoms with E-state index in [9.17, 15) is 13.2 Å². The number of hydrogen-bond acceptors (Lipinski definition) is 7. The number of amidine groups is 1. The van der Waals surface area contributed by atoms with Gasteiger partial charge in [-0.2, -0.15) is 13.5 Å². The maximum Gasteiger partial charge on any atom is 0.284 e. The van der Waals surface area contributed by atoms with Gasteiger partial charge in [-0.1, -0.05) is 60.3 Å². The number of fused-ring (bicyclic) bond motifs is 3. The average molecular weight is 566 g/mol. The first kappa shape index (κ1) is 24.7. The zero-order valence-corrected chi connectivity index (χ0v) is 22.8. The van der Waals surface area contributed by atoms with Crippen molar-refractivity contribution in [1.29, 1.82) is 0 Å². The van der Waals surface area contributed by atoms with Crippen LogP contribution < -0.4 is 9.91 Å². The third kappa shape index (κ3) is 4.20. The van der Waals surface area contributed by atoms with Crippen molar-refractivity contribution in [2.45, 2.75) is 17.4 Å². The van der Waals surface area contributed by atoms with Crippen molar-refractivity contribution in [2.24, 2.45) is 15.4 Å². The van der Waals surface area contributed by atoms with E-state index in [2.05, 4.69) is 27.6 Å². The normalized spacial score (nSPS) is 21.1. The van der Waals surface area contributed by atoms with Gasteiger partial charge in [0.1, 0.15) is 6.04 Å². The van der Waals surface area contributed by atoms with E-state index in [0.717, 1.165) is 40.8 Å². The molecule has 0 bridgehead atoms. The standard InChI is InChI=1S/C30H23N5O3S2/c36-27-19-39-30(34(27)21-9-2-1-3-10-21)33-40(37,38)23-15-13-22(14-16-23)35-29(26-12-6-7-17-31-26)25-18-20-8-4-5-11-24(20)28(25)32-35/h1-17,25,29H,18-19H2/b33-30-. The van der Waals surface area contributed by atoms with Crippen LogP contribution in [0, 0.1) is 5.92 Å². The number of aromatic nitrogens is 1. The molecule has 198 valence electrons. The van der Waals surface area contributed by atoms with E-state index >= 15 is 0 Å². The van der Waals surface area contributed by atoms with Gasteiger partial charge < -0.3 is 0 Å². The summed E-state index contributed by atoms with van der Waals surface area (Å²) in [6, 6.07) is 29.6. The topological polar surface area (TPSA) is 95.3 Å². The van der Waals surface area contributed by atoms with E-state index in [1.165, 1.54) is 10.5 Å². The van der Waals surface area contributed by atoms with Crippen molar-refractivity contribution < 1.29 is 13.2 Å². The fraction of sp³-hybridized carbons (Fsp3) is 0.133. The molecule has 2 aliphatic heterocycles. The molecule has 1 amide bonds. The van der Waals surface area contributed by atoms with Gasteiger partial charge in [-0.3, -0.25) is 19.7 Å². The summed E-state index contributed by atoms with van der Waals surface area (Å²) in [5, 5.41) is 7.13. The largest absolute Gasteiger partial charge is 0.284 e. The molecule has 2 unspecified atom stereocenters. The Kier molecular flexibility index (Phi) is 6.01. The second-order valence-electron chi connectivity index (χ2n) is 9.69. The summed E-state index contributed by atoms with van der Waals surface area (Å²) >= 11 is 1.11. The fourth-order valence-corrected chi connectivity index (χ4v) is 7.60. The molecule has 40 heavy (non-hydrogen) atoms. The number of hydrazone groups is 1. The van der Waals surface area contributed by atoms with Gasteiger partial charge in [-0.25, -0.2) is 0 Å². The summed E-state index contributed by atoms with van der Waals surface area (Å²) in [4.78, 5) is 18.6. The number of amides is 1. The summed E-state index contributed by atoms with van der Waals surface area (Å²) in [6.45, 7) is 0. The highest BCUT2D eigenvalue weighted by Gasteiger charge is 2.44. The first-order valence-electron chi connectivity index (χ1n) is 12.8. The number of para-hydroxylation sites is 1. The molecule has 4 aromatic rings. The molecule has 0 radical (unpaired) electrons. The van der Waals surface area contributed by atoms with Gasteiger partial charge in [-0.15, -0.1) is 4.40 Å². The third-order valence-corrected chi connectivity index (χ3v) is 9.63. The van der Waals surface area contributed by atoms with Crippen molar-refractivity contribution in [2.75, 3.05) is 15.7 Å². The van der Waals surface area contributed by atoms with Crippen molar-refractivity contribution in [3.05, 3.63) is 120 Å². The van der Waals surface area contributed by atoms with Gasteiger partial charge in [0, 0.05) is 17.7 Å². The van der Waals surface area contributed by atoms with Crippen LogP contribution in [-0.2, 0) is 21.2 Å². The van der Waals surface area contributed by atoms with Crippen LogP contribution in [0.1, 0.15) is 22.9 Å². The molecule has 0 saturated carbocycles. The Balaban J connectivity index is 1.22. The predicted octanol–water partition coefficient (Wildman–Crippen LogP) is 5.04. The molecule has 0 spiro atoms. The van der Waals surface area contributed by atoms with Crippen LogP contribution >= 0.6 is 11.8 Å². The van der Waals surface area contributed by atoms with Gasteiger partial charge in [0.2, 0.25) is 5.91 Å². The minimum atomic E-state index is -4.06. The van der Waals surface area contributed by atoms with Crippen LogP contribution in [0.25, 0.3) is 0 Å². The Hall–Kier alpha value is -4.28. The van der Waals surface area contributed by atoms with Gasteiger partial charge in [-0.05, 0) is 60.5 Å². The Morgan fingerprint density at radius 1 is 0.850 bits per heavy atom. The lowest BCUT2D eigenvalue weighted by Crippen LogP contribution is -2.29. The minimum absolute atomic E-state index is 0.0449. The molecule has 0 N–H and O–H groups in total. The highest BCUT2D eigenvalue weighted by Crippen LogP contribution is 2.45. The number of pyridine rings is 1. The molecule has 3 aliphatic rings. The zero-order valence-electron chi connectivity index (χ0n) is 21.2. The van der Waals surface area contributed by atoms with E-state index in [1.807, 2.05) is 35.3 Å². The number of anilines is 2. The lowest BCUT2D eigenvalue weighted by molar-refractivity contribution is -0.115. The maximum atomic E-state index is 13.3. The van der Waals surface area contributed by atoms with Crippen LogP contribution in [-0.4, -0.2) is 35.9 Å². The summed E-state index contributed by atoms with van der Waals surface area (Å²) in [5.41, 5.74) is 5.71. The molecular weight excluding hydrogens is 542 g/mol. The second kappa shape index (κ2) is 9.72. The molecule has 3 aromatic carbocycles. The molecule has 1 fully saturated rings. The van der Waals surface area contributed by atoms with E-state index in [1.54, 1.807) is 54.7 Å². The molecular formula is C30H23N5O3S2. The summed E-state index contributed by atoms with van der Waals surface area (Å²) < 4.78 is 30.6. The van der Waals surface area contributed by atoms with E-state index in [0.29, 0.717) is 5.69 Å².